The fourth-order valence-electron chi connectivity index (χ4n) is 10.9. The summed E-state index contributed by atoms with van der Waals surface area (Å²) in [5.41, 5.74) is 14.5. The molecule has 362 valence electrons. The summed E-state index contributed by atoms with van der Waals surface area (Å²) >= 11 is 0. The predicted molar refractivity (Wildman–Crippen MR) is 303 cm³/mol. The van der Waals surface area contributed by atoms with Crippen molar-refractivity contribution in [3.63, 3.8) is 0 Å². The number of hydrogen-bond acceptors (Lipinski definition) is 10. The molecule has 12 nitrogen and oxygen atoms in total. The molecule has 0 radical (unpaired) electrons. The summed E-state index contributed by atoms with van der Waals surface area (Å²) < 4.78 is 4.25. The van der Waals surface area contributed by atoms with E-state index in [2.05, 4.69) is 63.8 Å². The van der Waals surface area contributed by atoms with Crippen LogP contribution in [0.2, 0.25) is 0 Å². The van der Waals surface area contributed by atoms with Crippen LogP contribution < -0.4 is 0 Å². The van der Waals surface area contributed by atoms with Crippen LogP contribution in [-0.2, 0) is 0 Å². The fourth-order valence-corrected chi connectivity index (χ4v) is 10.9. The van der Waals surface area contributed by atoms with Crippen molar-refractivity contribution in [1.82, 2.24) is 14.1 Å². The van der Waals surface area contributed by atoms with E-state index in [1.165, 1.54) is 0 Å². The minimum Gasteiger partial charge on any atom is -0.309 e. The van der Waals surface area contributed by atoms with Crippen LogP contribution in [-0.4, -0.2) is 14.1 Å². The number of aromatic nitrogens is 3. The van der Waals surface area contributed by atoms with Crippen molar-refractivity contribution in [1.29, 1.82) is 47.4 Å². The van der Waals surface area contributed by atoms with Crippen LogP contribution in [0.3, 0.4) is 0 Å². The average Bonchev–Trinajstić information content (AvgIpc) is 4.13. The van der Waals surface area contributed by atoms with Crippen molar-refractivity contribution >= 4 is 43.6 Å². The summed E-state index contributed by atoms with van der Waals surface area (Å²) in [5.74, 6) is 0. The molecule has 12 heteroatoms. The van der Waals surface area contributed by atoms with Crippen LogP contribution in [0.25, 0.3) is 111 Å². The summed E-state index contributed by atoms with van der Waals surface area (Å²) in [7, 11) is 0. The van der Waals surface area contributed by atoms with E-state index in [-0.39, 0.29) is 0 Å². The van der Waals surface area contributed by atoms with Gasteiger partial charge in [0.15, 0.2) is 0 Å². The lowest BCUT2D eigenvalue weighted by Crippen LogP contribution is -2.02. The van der Waals surface area contributed by atoms with Gasteiger partial charge in [-0.05, 0) is 166 Å². The Morgan fingerprint density at radius 1 is 0.263 bits per heavy atom. The minimum atomic E-state index is 0.336. The predicted octanol–water partition coefficient (Wildman–Crippen LogP) is 14.5. The third kappa shape index (κ3) is 7.82. The molecule has 0 spiro atoms. The van der Waals surface area contributed by atoms with Gasteiger partial charge in [-0.1, -0.05) is 48.5 Å². The number of hydrogen-bond donors (Lipinski definition) is 0. The first-order chi connectivity index (χ1) is 39.2. The van der Waals surface area contributed by atoms with Crippen molar-refractivity contribution in [2.24, 2.45) is 0 Å². The van der Waals surface area contributed by atoms with Gasteiger partial charge in [-0.25, -0.2) is 0 Å². The number of pyridine rings is 1. The molecule has 0 saturated carbocycles. The van der Waals surface area contributed by atoms with Gasteiger partial charge in [-0.3, -0.25) is 4.98 Å². The van der Waals surface area contributed by atoms with Gasteiger partial charge in [-0.15, -0.1) is 0 Å². The van der Waals surface area contributed by atoms with Gasteiger partial charge in [0, 0.05) is 45.1 Å². The van der Waals surface area contributed by atoms with Crippen molar-refractivity contribution in [3.05, 3.63) is 232 Å². The smallest absolute Gasteiger partial charge is 0.0998 e. The lowest BCUT2D eigenvalue weighted by Gasteiger charge is -2.18. The molecule has 0 atom stereocenters. The first-order valence-electron chi connectivity index (χ1n) is 24.7. The van der Waals surface area contributed by atoms with E-state index in [9.17, 15) is 47.4 Å². The largest absolute Gasteiger partial charge is 0.309 e. The van der Waals surface area contributed by atoms with Gasteiger partial charge in [-0.2, -0.15) is 47.4 Å². The molecular formula is C68H30N12. The maximum absolute atomic E-state index is 10.6. The highest BCUT2D eigenvalue weighted by atomic mass is 15.0. The SMILES string of the molecule is N#Cc1ccc(-c2ccc3c(c2)c2cc(-c4ccc(C#N)cc4C#N)ccc2n3-c2ccncc2-c2cc(C#N)ccc2-n2c3ccc(-c4ccc(C#N)cc4C#N)cc3c3cc(-c4ccc(C#N)cc4C#N)ccc32)c(C#N)c1. The first kappa shape index (κ1) is 48.1. The third-order valence-electron chi connectivity index (χ3n) is 14.5. The van der Waals surface area contributed by atoms with Gasteiger partial charge >= 0.3 is 0 Å². The van der Waals surface area contributed by atoms with Crippen LogP contribution in [0.15, 0.2) is 182 Å². The van der Waals surface area contributed by atoms with Crippen LogP contribution in [0.4, 0.5) is 0 Å². The molecular weight excluding hydrogens is 985 g/mol. The normalized spacial score (nSPS) is 10.6. The highest BCUT2D eigenvalue weighted by molar-refractivity contribution is 6.14. The summed E-state index contributed by atoms with van der Waals surface area (Å²) in [6.07, 6.45) is 3.48. The molecule has 0 fully saturated rings. The van der Waals surface area contributed by atoms with Crippen LogP contribution in [0, 0.1) is 102 Å². The van der Waals surface area contributed by atoms with Crippen LogP contribution in [0.1, 0.15) is 50.1 Å². The van der Waals surface area contributed by atoms with Gasteiger partial charge < -0.3 is 9.13 Å². The molecule has 0 unspecified atom stereocenters. The zero-order valence-electron chi connectivity index (χ0n) is 41.7. The molecule has 9 aromatic carbocycles. The molecule has 80 heavy (non-hydrogen) atoms. The number of fused-ring (bicyclic) bond motifs is 6. The molecule has 0 aliphatic carbocycles. The van der Waals surface area contributed by atoms with Crippen LogP contribution >= 0.6 is 0 Å². The quantitative estimate of drug-likeness (QED) is 0.146. The molecule has 12 aromatic rings. The van der Waals surface area contributed by atoms with Gasteiger partial charge in [0.1, 0.15) is 0 Å². The molecule has 0 aliphatic rings. The first-order valence-corrected chi connectivity index (χ1v) is 24.7. The summed E-state index contributed by atoms with van der Waals surface area (Å²) in [4.78, 5) is 4.71. The molecule has 12 rings (SSSR count). The second-order valence-corrected chi connectivity index (χ2v) is 18.8. The Labute approximate surface area is 456 Å². The molecule has 0 N–H and O–H groups in total. The van der Waals surface area contributed by atoms with E-state index in [1.807, 2.05) is 91.0 Å². The summed E-state index contributed by atoms with van der Waals surface area (Å²) in [6, 6.07) is 71.2. The lowest BCUT2D eigenvalue weighted by molar-refractivity contribution is 1.14. The van der Waals surface area contributed by atoms with E-state index in [0.29, 0.717) is 94.8 Å². The highest BCUT2D eigenvalue weighted by Gasteiger charge is 2.24. The van der Waals surface area contributed by atoms with E-state index in [0.717, 1.165) is 65.9 Å². The number of nitriles is 9. The molecule has 3 aromatic heterocycles. The Kier molecular flexibility index (Phi) is 11.7. The zero-order valence-corrected chi connectivity index (χ0v) is 41.7. The maximum Gasteiger partial charge on any atom is 0.0998 e. The lowest BCUT2D eigenvalue weighted by atomic mass is 9.95. The average molecular weight is 1020 g/mol. The van der Waals surface area contributed by atoms with E-state index in [4.69, 9.17) is 4.98 Å². The maximum atomic E-state index is 10.6. The Bertz CT molecular complexity index is 4880. The minimum absolute atomic E-state index is 0.336. The van der Waals surface area contributed by atoms with Crippen molar-refractivity contribution in [2.45, 2.75) is 0 Å². The topological polar surface area (TPSA) is 237 Å². The van der Waals surface area contributed by atoms with E-state index >= 15 is 0 Å². The van der Waals surface area contributed by atoms with Gasteiger partial charge in [0.2, 0.25) is 0 Å². The second kappa shape index (κ2) is 19.4. The molecule has 0 amide bonds. The Morgan fingerprint density at radius 3 is 0.875 bits per heavy atom. The van der Waals surface area contributed by atoms with E-state index < -0.39 is 0 Å². The molecule has 0 bridgehead atoms. The number of nitrogens with zero attached hydrogens (tertiary/aromatic N) is 12. The molecule has 0 aliphatic heterocycles. The molecule has 0 saturated heterocycles. The zero-order chi connectivity index (χ0) is 55.2. The van der Waals surface area contributed by atoms with Crippen LogP contribution in [0.5, 0.6) is 0 Å². The highest BCUT2D eigenvalue weighted by Crippen LogP contribution is 2.44. The van der Waals surface area contributed by atoms with Gasteiger partial charge in [0.05, 0.1) is 138 Å². The van der Waals surface area contributed by atoms with Crippen molar-refractivity contribution < 1.29 is 0 Å². The Hall–Kier alpha value is -12.9. The van der Waals surface area contributed by atoms with Crippen molar-refractivity contribution in [2.75, 3.05) is 0 Å². The van der Waals surface area contributed by atoms with E-state index in [1.54, 1.807) is 91.3 Å². The standard InChI is InChI=1S/C68H30N12/c69-30-40-1-10-53(49(21-40)35-74)45-6-15-64-58(26-45)59-27-46(54-11-2-41(31-70)22-50(54)36-75)7-16-65(59)79(64)63-14-5-44(34-73)25-57(63)62-39-78-20-19-68(62)80-66-17-8-47(55-12-3-42(32-71)23-51(55)37-76)28-60(66)61-29-48(9-18-67(61)80)56-13-4-43(33-72)24-52(56)38-77/h1-29,39H. The van der Waals surface area contributed by atoms with Gasteiger partial charge in [0.25, 0.3) is 0 Å². The Balaban J connectivity index is 1.12. The Morgan fingerprint density at radius 2 is 0.562 bits per heavy atom. The third-order valence-corrected chi connectivity index (χ3v) is 14.5. The number of benzene rings is 9. The monoisotopic (exact) mass is 1010 g/mol. The second-order valence-electron chi connectivity index (χ2n) is 18.8. The fraction of sp³-hybridized carbons (Fsp3) is 0. The summed E-state index contributed by atoms with van der Waals surface area (Å²) in [6.45, 7) is 0. The number of rotatable bonds is 7. The van der Waals surface area contributed by atoms with Crippen molar-refractivity contribution in [3.8, 4) is 122 Å². The summed E-state index contributed by atoms with van der Waals surface area (Å²) in [5, 5.41) is 93.7. The molecule has 3 heterocycles.